The summed E-state index contributed by atoms with van der Waals surface area (Å²) in [6.07, 6.45) is 2.30. The van der Waals surface area contributed by atoms with Crippen molar-refractivity contribution >= 4 is 40.0 Å². The number of rotatable bonds is 7. The minimum Gasteiger partial charge on any atom is -0.462 e. The van der Waals surface area contributed by atoms with Gasteiger partial charge in [0.05, 0.1) is 23.6 Å². The number of hydrogen-bond acceptors (Lipinski definition) is 5. The van der Waals surface area contributed by atoms with Crippen LogP contribution in [-0.4, -0.2) is 24.7 Å². The van der Waals surface area contributed by atoms with E-state index >= 15 is 0 Å². The van der Waals surface area contributed by atoms with Gasteiger partial charge in [0, 0.05) is 10.3 Å². The smallest absolute Gasteiger partial charge is 0.338 e. The van der Waals surface area contributed by atoms with Gasteiger partial charge in [0.1, 0.15) is 0 Å². The van der Waals surface area contributed by atoms with Gasteiger partial charge >= 0.3 is 5.97 Å². The number of carbonyl (C=O) groups excluding carboxylic acids is 2. The topological polar surface area (TPSA) is 55.4 Å². The van der Waals surface area contributed by atoms with E-state index in [1.807, 2.05) is 11.4 Å². The van der Waals surface area contributed by atoms with Gasteiger partial charge in [-0.15, -0.1) is 23.1 Å². The van der Waals surface area contributed by atoms with Crippen molar-refractivity contribution < 1.29 is 14.3 Å². The molecule has 1 heterocycles. The fourth-order valence-corrected chi connectivity index (χ4v) is 3.91. The lowest BCUT2D eigenvalue weighted by Crippen LogP contribution is -2.13. The zero-order valence-electron chi connectivity index (χ0n) is 15.7. The second kappa shape index (κ2) is 9.57. The molecule has 0 atom stereocenters. The van der Waals surface area contributed by atoms with E-state index in [9.17, 15) is 9.59 Å². The molecule has 0 saturated heterocycles. The van der Waals surface area contributed by atoms with E-state index in [-0.39, 0.29) is 18.3 Å². The van der Waals surface area contributed by atoms with Crippen LogP contribution in [0.3, 0.4) is 0 Å². The molecule has 1 N–H and O–H groups in total. The van der Waals surface area contributed by atoms with Crippen molar-refractivity contribution in [3.8, 4) is 11.1 Å². The molecule has 1 aromatic heterocycles. The van der Waals surface area contributed by atoms with E-state index in [0.717, 1.165) is 21.7 Å². The summed E-state index contributed by atoms with van der Waals surface area (Å²) >= 11 is 3.22. The van der Waals surface area contributed by atoms with Crippen LogP contribution in [0.4, 0.5) is 5.00 Å². The highest BCUT2D eigenvalue weighted by atomic mass is 32.2. The van der Waals surface area contributed by atoms with E-state index in [0.29, 0.717) is 12.2 Å². The SMILES string of the molecule is CCOC(=O)c1ccc(CC(=O)Nc2cc(-c3ccc(SC)cc3)cs2)cc1. The number of anilines is 1. The van der Waals surface area contributed by atoms with Gasteiger partial charge in [0.25, 0.3) is 0 Å². The lowest BCUT2D eigenvalue weighted by molar-refractivity contribution is -0.115. The third-order valence-electron chi connectivity index (χ3n) is 4.12. The summed E-state index contributed by atoms with van der Waals surface area (Å²) in [4.78, 5) is 25.2. The molecule has 4 nitrogen and oxygen atoms in total. The molecule has 0 bridgehead atoms. The average Bonchev–Trinajstić information content (AvgIpc) is 3.17. The largest absolute Gasteiger partial charge is 0.462 e. The first-order valence-corrected chi connectivity index (χ1v) is 11.0. The molecule has 0 aliphatic carbocycles. The fourth-order valence-electron chi connectivity index (χ4n) is 2.68. The van der Waals surface area contributed by atoms with Gasteiger partial charge in [-0.05, 0) is 60.2 Å². The molecular formula is C22H21NO3S2. The maximum atomic E-state index is 12.3. The summed E-state index contributed by atoms with van der Waals surface area (Å²) in [5.74, 6) is -0.440. The molecule has 0 aliphatic heterocycles. The summed E-state index contributed by atoms with van der Waals surface area (Å²) < 4.78 is 4.96. The van der Waals surface area contributed by atoms with Crippen LogP contribution in [0.2, 0.25) is 0 Å². The standard InChI is InChI=1S/C22H21NO3S2/c1-3-26-22(25)17-6-4-15(5-7-17)12-20(24)23-21-13-18(14-28-21)16-8-10-19(27-2)11-9-16/h4-11,13-14H,3,12H2,1-2H3,(H,23,24). The molecule has 28 heavy (non-hydrogen) atoms. The first kappa shape index (κ1) is 20.2. The number of hydrogen-bond donors (Lipinski definition) is 1. The van der Waals surface area contributed by atoms with Crippen molar-refractivity contribution in [1.29, 1.82) is 0 Å². The number of ether oxygens (including phenoxy) is 1. The fraction of sp³-hybridized carbons (Fsp3) is 0.182. The zero-order valence-corrected chi connectivity index (χ0v) is 17.4. The first-order valence-electron chi connectivity index (χ1n) is 8.88. The molecule has 1 amide bonds. The molecule has 6 heteroatoms. The molecule has 0 radical (unpaired) electrons. The molecule has 0 saturated carbocycles. The minimum atomic E-state index is -0.352. The molecule has 2 aromatic carbocycles. The Labute approximate surface area is 172 Å². The van der Waals surface area contributed by atoms with Gasteiger partial charge in [-0.2, -0.15) is 0 Å². The van der Waals surface area contributed by atoms with E-state index in [1.54, 1.807) is 43.0 Å². The molecule has 0 fully saturated rings. The lowest BCUT2D eigenvalue weighted by atomic mass is 10.1. The van der Waals surface area contributed by atoms with Crippen molar-refractivity contribution in [2.24, 2.45) is 0 Å². The summed E-state index contributed by atoms with van der Waals surface area (Å²) in [6, 6.07) is 17.3. The minimum absolute atomic E-state index is 0.0879. The highest BCUT2D eigenvalue weighted by Crippen LogP contribution is 2.30. The number of amides is 1. The molecule has 0 spiro atoms. The predicted molar refractivity (Wildman–Crippen MR) is 116 cm³/mol. The number of nitrogens with one attached hydrogen (secondary N) is 1. The van der Waals surface area contributed by atoms with Crippen molar-refractivity contribution in [3.05, 3.63) is 71.1 Å². The summed E-state index contributed by atoms with van der Waals surface area (Å²) in [7, 11) is 0. The first-order chi connectivity index (χ1) is 13.6. The Hall–Kier alpha value is -2.57. The summed E-state index contributed by atoms with van der Waals surface area (Å²) in [6.45, 7) is 2.11. The number of esters is 1. The number of benzene rings is 2. The predicted octanol–water partition coefficient (Wildman–Crippen LogP) is 5.49. The maximum absolute atomic E-state index is 12.3. The summed E-state index contributed by atoms with van der Waals surface area (Å²) in [5, 5.41) is 5.80. The van der Waals surface area contributed by atoms with Gasteiger partial charge in [-0.1, -0.05) is 24.3 Å². The van der Waals surface area contributed by atoms with E-state index in [1.165, 1.54) is 16.2 Å². The zero-order chi connectivity index (χ0) is 19.9. The monoisotopic (exact) mass is 411 g/mol. The van der Waals surface area contributed by atoms with Gasteiger partial charge in [-0.3, -0.25) is 4.79 Å². The quantitative estimate of drug-likeness (QED) is 0.412. The van der Waals surface area contributed by atoms with E-state index in [4.69, 9.17) is 4.74 Å². The normalized spacial score (nSPS) is 10.5. The van der Waals surface area contributed by atoms with Gasteiger partial charge < -0.3 is 10.1 Å². The molecule has 0 aliphatic rings. The Morgan fingerprint density at radius 3 is 2.39 bits per heavy atom. The Balaban J connectivity index is 1.59. The molecule has 144 valence electrons. The molecule has 3 rings (SSSR count). The highest BCUT2D eigenvalue weighted by molar-refractivity contribution is 7.98. The Bertz CT molecular complexity index is 947. The second-order valence-electron chi connectivity index (χ2n) is 6.07. The molecule has 0 unspecified atom stereocenters. The highest BCUT2D eigenvalue weighted by Gasteiger charge is 2.10. The van der Waals surface area contributed by atoms with Crippen molar-refractivity contribution in [1.82, 2.24) is 0 Å². The molecule has 3 aromatic rings. The third-order valence-corrected chi connectivity index (χ3v) is 5.70. The van der Waals surface area contributed by atoms with Crippen LogP contribution in [0.25, 0.3) is 11.1 Å². The third kappa shape index (κ3) is 5.24. The lowest BCUT2D eigenvalue weighted by Gasteiger charge is -2.05. The van der Waals surface area contributed by atoms with Crippen LogP contribution in [0, 0.1) is 0 Å². The summed E-state index contributed by atoms with van der Waals surface area (Å²) in [5.41, 5.74) is 3.55. The van der Waals surface area contributed by atoms with Crippen LogP contribution >= 0.6 is 23.1 Å². The van der Waals surface area contributed by atoms with Gasteiger partial charge in [0.2, 0.25) is 5.91 Å². The maximum Gasteiger partial charge on any atom is 0.338 e. The van der Waals surface area contributed by atoms with Crippen molar-refractivity contribution in [2.45, 2.75) is 18.2 Å². The second-order valence-corrected chi connectivity index (χ2v) is 7.86. The van der Waals surface area contributed by atoms with Crippen LogP contribution in [0.5, 0.6) is 0 Å². The average molecular weight is 412 g/mol. The number of thioether (sulfide) groups is 1. The van der Waals surface area contributed by atoms with E-state index in [2.05, 4.69) is 35.8 Å². The van der Waals surface area contributed by atoms with E-state index < -0.39 is 0 Å². The number of thiophene rings is 1. The van der Waals surface area contributed by atoms with Crippen molar-refractivity contribution in [3.63, 3.8) is 0 Å². The Morgan fingerprint density at radius 1 is 1.04 bits per heavy atom. The van der Waals surface area contributed by atoms with Crippen LogP contribution in [0.1, 0.15) is 22.8 Å². The number of carbonyl (C=O) groups is 2. The van der Waals surface area contributed by atoms with Crippen LogP contribution < -0.4 is 5.32 Å². The van der Waals surface area contributed by atoms with Crippen LogP contribution in [-0.2, 0) is 16.0 Å². The Kier molecular flexibility index (Phi) is 6.90. The van der Waals surface area contributed by atoms with Gasteiger partial charge in [0.15, 0.2) is 0 Å². The molecular weight excluding hydrogens is 390 g/mol. The van der Waals surface area contributed by atoms with Crippen molar-refractivity contribution in [2.75, 3.05) is 18.2 Å². The van der Waals surface area contributed by atoms with Gasteiger partial charge in [-0.25, -0.2) is 4.79 Å². The van der Waals surface area contributed by atoms with Crippen LogP contribution in [0.15, 0.2) is 64.9 Å². The Morgan fingerprint density at radius 2 is 1.75 bits per heavy atom.